The topological polar surface area (TPSA) is 55.8 Å². The second-order valence-corrected chi connectivity index (χ2v) is 9.41. The molecule has 2 aliphatic heterocycles. The maximum atomic E-state index is 11.7. The van der Waals surface area contributed by atoms with Gasteiger partial charge in [0.05, 0.1) is 6.42 Å². The van der Waals surface area contributed by atoms with Crippen LogP contribution in [0.25, 0.3) is 0 Å². The summed E-state index contributed by atoms with van der Waals surface area (Å²) in [7, 11) is 0. The number of aliphatic hydroxyl groups is 1. The Hall–Kier alpha value is -0.870. The SMILES string of the molecule is C=C1CCCC(C)(C)[C@@H]2CC[C@@](C)([C@H]3[C@@H]4CC(=O)O[C@@H]4O[C@@H]3O)[C@H]12. The summed E-state index contributed by atoms with van der Waals surface area (Å²) >= 11 is 0. The number of hydrogen-bond acceptors (Lipinski definition) is 4. The Morgan fingerprint density at radius 2 is 2.00 bits per heavy atom. The van der Waals surface area contributed by atoms with Gasteiger partial charge in [0.2, 0.25) is 6.29 Å². The van der Waals surface area contributed by atoms with Gasteiger partial charge in [-0.05, 0) is 54.8 Å². The molecular weight excluding hydrogens is 304 g/mol. The zero-order chi connectivity index (χ0) is 17.3. The Labute approximate surface area is 144 Å². The zero-order valence-electron chi connectivity index (χ0n) is 15.1. The maximum Gasteiger partial charge on any atom is 0.308 e. The van der Waals surface area contributed by atoms with E-state index in [4.69, 9.17) is 9.47 Å². The summed E-state index contributed by atoms with van der Waals surface area (Å²) in [6, 6.07) is 0. The number of rotatable bonds is 1. The molecule has 2 aliphatic carbocycles. The summed E-state index contributed by atoms with van der Waals surface area (Å²) < 4.78 is 10.9. The molecular formula is C20H30O4. The summed E-state index contributed by atoms with van der Waals surface area (Å²) in [5.41, 5.74) is 1.57. The van der Waals surface area contributed by atoms with Crippen molar-refractivity contribution in [3.63, 3.8) is 0 Å². The smallest absolute Gasteiger partial charge is 0.308 e. The van der Waals surface area contributed by atoms with Crippen molar-refractivity contribution in [1.29, 1.82) is 0 Å². The standard InChI is InChI=1S/C20H30O4/c1-11-6-5-8-19(2,3)13-7-9-20(4,15(11)13)16-12-10-14(21)23-18(12)24-17(16)22/h12-13,15-18,22H,1,5-10H2,2-4H3/t12-,13+,15+,16-,17-,18+,20+/m0/s1. The minimum absolute atomic E-state index is 0.0181. The molecule has 2 heterocycles. The molecule has 0 bridgehead atoms. The molecule has 4 nitrogen and oxygen atoms in total. The van der Waals surface area contributed by atoms with Gasteiger partial charge in [0.15, 0.2) is 6.29 Å². The minimum Gasteiger partial charge on any atom is -0.435 e. The van der Waals surface area contributed by atoms with E-state index in [9.17, 15) is 9.90 Å². The Kier molecular flexibility index (Phi) is 3.67. The van der Waals surface area contributed by atoms with E-state index in [0.717, 1.165) is 12.8 Å². The second-order valence-electron chi connectivity index (χ2n) is 9.41. The number of aliphatic hydroxyl groups excluding tert-OH is 1. The van der Waals surface area contributed by atoms with Crippen molar-refractivity contribution in [3.8, 4) is 0 Å². The second kappa shape index (κ2) is 5.31. The lowest BCUT2D eigenvalue weighted by Gasteiger charge is -2.44. The van der Waals surface area contributed by atoms with Gasteiger partial charge < -0.3 is 14.6 Å². The van der Waals surface area contributed by atoms with E-state index in [0.29, 0.717) is 23.7 Å². The molecule has 0 radical (unpaired) electrons. The fraction of sp³-hybridized carbons (Fsp3) is 0.850. The number of ether oxygens (including phenoxy) is 2. The van der Waals surface area contributed by atoms with Crippen molar-refractivity contribution in [2.45, 2.75) is 71.9 Å². The van der Waals surface area contributed by atoms with E-state index in [1.807, 2.05) is 0 Å². The number of allylic oxidation sites excluding steroid dienone is 1. The Balaban J connectivity index is 1.71. The summed E-state index contributed by atoms with van der Waals surface area (Å²) in [6.45, 7) is 11.5. The zero-order valence-corrected chi connectivity index (χ0v) is 15.1. The third-order valence-electron chi connectivity index (χ3n) is 7.67. The van der Waals surface area contributed by atoms with Crippen LogP contribution in [0.15, 0.2) is 12.2 Å². The summed E-state index contributed by atoms with van der Waals surface area (Å²) in [5, 5.41) is 10.6. The molecule has 0 aromatic carbocycles. The van der Waals surface area contributed by atoms with Crippen LogP contribution in [-0.4, -0.2) is 23.7 Å². The molecule has 24 heavy (non-hydrogen) atoms. The van der Waals surface area contributed by atoms with Gasteiger partial charge >= 0.3 is 5.97 Å². The lowest BCUT2D eigenvalue weighted by atomic mass is 9.59. The highest BCUT2D eigenvalue weighted by Crippen LogP contribution is 2.65. The minimum atomic E-state index is -0.837. The molecule has 0 amide bonds. The predicted octanol–water partition coefficient (Wildman–Crippen LogP) is 3.64. The van der Waals surface area contributed by atoms with E-state index >= 15 is 0 Å². The van der Waals surface area contributed by atoms with Gasteiger partial charge in [-0.2, -0.15) is 0 Å². The van der Waals surface area contributed by atoms with Crippen molar-refractivity contribution in [1.82, 2.24) is 0 Å². The van der Waals surface area contributed by atoms with Crippen LogP contribution in [0, 0.1) is 34.5 Å². The van der Waals surface area contributed by atoms with Crippen LogP contribution >= 0.6 is 0 Å². The molecule has 0 aromatic heterocycles. The molecule has 7 atom stereocenters. The van der Waals surface area contributed by atoms with Crippen LogP contribution in [0.4, 0.5) is 0 Å². The first kappa shape index (κ1) is 16.6. The highest BCUT2D eigenvalue weighted by molar-refractivity contribution is 5.72. The Morgan fingerprint density at radius 3 is 2.75 bits per heavy atom. The van der Waals surface area contributed by atoms with E-state index in [1.54, 1.807) is 0 Å². The summed E-state index contributed by atoms with van der Waals surface area (Å²) in [4.78, 5) is 11.7. The van der Waals surface area contributed by atoms with E-state index in [-0.39, 0.29) is 23.2 Å². The monoisotopic (exact) mass is 334 g/mol. The van der Waals surface area contributed by atoms with Gasteiger partial charge in [-0.3, -0.25) is 4.79 Å². The van der Waals surface area contributed by atoms with Crippen molar-refractivity contribution >= 4 is 5.97 Å². The van der Waals surface area contributed by atoms with Crippen LogP contribution in [0.3, 0.4) is 0 Å². The van der Waals surface area contributed by atoms with E-state index in [2.05, 4.69) is 27.4 Å². The third kappa shape index (κ3) is 2.22. The molecule has 2 saturated carbocycles. The average molecular weight is 334 g/mol. The first-order valence-corrected chi connectivity index (χ1v) is 9.45. The normalized spacial score (nSPS) is 50.3. The number of esters is 1. The molecule has 4 aliphatic rings. The predicted molar refractivity (Wildman–Crippen MR) is 89.7 cm³/mol. The summed E-state index contributed by atoms with van der Waals surface area (Å²) in [6.07, 6.45) is 4.72. The number of fused-ring (bicyclic) bond motifs is 2. The summed E-state index contributed by atoms with van der Waals surface area (Å²) in [5.74, 6) is 0.736. The van der Waals surface area contributed by atoms with Gasteiger partial charge in [0.1, 0.15) is 0 Å². The molecule has 0 unspecified atom stereocenters. The average Bonchev–Trinajstić information content (AvgIpc) is 3.05. The molecule has 0 spiro atoms. The first-order valence-electron chi connectivity index (χ1n) is 9.45. The number of carbonyl (C=O) groups is 1. The van der Waals surface area contributed by atoms with Gasteiger partial charge in [0, 0.05) is 11.8 Å². The number of carbonyl (C=O) groups excluding carboxylic acids is 1. The van der Waals surface area contributed by atoms with E-state index < -0.39 is 12.6 Å². The van der Waals surface area contributed by atoms with Crippen LogP contribution in [0.2, 0.25) is 0 Å². The fourth-order valence-electron chi connectivity index (χ4n) is 6.55. The molecule has 2 saturated heterocycles. The molecule has 134 valence electrons. The molecule has 1 N–H and O–H groups in total. The molecule has 4 heteroatoms. The van der Waals surface area contributed by atoms with Crippen LogP contribution in [-0.2, 0) is 14.3 Å². The molecule has 4 rings (SSSR count). The number of hydrogen-bond donors (Lipinski definition) is 1. The largest absolute Gasteiger partial charge is 0.435 e. The fourth-order valence-corrected chi connectivity index (χ4v) is 6.55. The van der Waals surface area contributed by atoms with Crippen LogP contribution in [0.5, 0.6) is 0 Å². The van der Waals surface area contributed by atoms with Gasteiger partial charge in [-0.15, -0.1) is 0 Å². The third-order valence-corrected chi connectivity index (χ3v) is 7.67. The molecule has 0 aromatic rings. The molecule has 4 fully saturated rings. The van der Waals surface area contributed by atoms with Gasteiger partial charge in [-0.1, -0.05) is 32.9 Å². The van der Waals surface area contributed by atoms with Crippen LogP contribution in [0.1, 0.15) is 59.3 Å². The van der Waals surface area contributed by atoms with Crippen molar-refractivity contribution in [2.75, 3.05) is 0 Å². The van der Waals surface area contributed by atoms with Crippen molar-refractivity contribution < 1.29 is 19.4 Å². The Bertz CT molecular complexity index is 568. The van der Waals surface area contributed by atoms with Gasteiger partial charge in [-0.25, -0.2) is 0 Å². The first-order chi connectivity index (χ1) is 11.2. The lowest BCUT2D eigenvalue weighted by molar-refractivity contribution is -0.196. The van der Waals surface area contributed by atoms with Gasteiger partial charge in [0.25, 0.3) is 0 Å². The highest BCUT2D eigenvalue weighted by atomic mass is 16.8. The quantitative estimate of drug-likeness (QED) is 0.587. The van der Waals surface area contributed by atoms with Crippen molar-refractivity contribution in [3.05, 3.63) is 12.2 Å². The van der Waals surface area contributed by atoms with E-state index in [1.165, 1.54) is 24.8 Å². The Morgan fingerprint density at radius 1 is 1.25 bits per heavy atom. The van der Waals surface area contributed by atoms with Crippen LogP contribution < -0.4 is 0 Å². The lowest BCUT2D eigenvalue weighted by Crippen LogP contribution is -2.43. The maximum absolute atomic E-state index is 11.7. The van der Waals surface area contributed by atoms with Crippen molar-refractivity contribution in [2.24, 2.45) is 34.5 Å². The highest BCUT2D eigenvalue weighted by Gasteiger charge is 2.63.